The molecule has 0 radical (unpaired) electrons. The van der Waals surface area contributed by atoms with Gasteiger partial charge in [0.15, 0.2) is 0 Å². The molecule has 5 nitrogen and oxygen atoms in total. The maximum absolute atomic E-state index is 13.1. The Morgan fingerprint density at radius 1 is 0.871 bits per heavy atom. The van der Waals surface area contributed by atoms with Crippen molar-refractivity contribution in [3.05, 3.63) is 93.5 Å². The average Bonchev–Trinajstić information content (AvgIpc) is 2.74. The van der Waals surface area contributed by atoms with E-state index in [2.05, 4.69) is 10.6 Å². The topological polar surface area (TPSA) is 61.4 Å². The summed E-state index contributed by atoms with van der Waals surface area (Å²) in [7, 11) is 3.72. The molecule has 2 N–H and O–H groups in total. The van der Waals surface area contributed by atoms with E-state index < -0.39 is 0 Å². The summed E-state index contributed by atoms with van der Waals surface area (Å²) in [4.78, 5) is 27.6. The van der Waals surface area contributed by atoms with Crippen molar-refractivity contribution in [3.63, 3.8) is 0 Å². The van der Waals surface area contributed by atoms with Crippen molar-refractivity contribution in [2.45, 2.75) is 13.0 Å². The van der Waals surface area contributed by atoms with Gasteiger partial charge in [0.2, 0.25) is 0 Å². The second-order valence-electron chi connectivity index (χ2n) is 7.31. The quantitative estimate of drug-likeness (QED) is 0.493. The van der Waals surface area contributed by atoms with Crippen LogP contribution in [0.2, 0.25) is 10.0 Å². The van der Waals surface area contributed by atoms with Crippen LogP contribution in [0.15, 0.2) is 66.7 Å². The molecular formula is C24H23Cl2N3O2. The molecule has 3 aromatic carbocycles. The Hall–Kier alpha value is -3.02. The molecule has 0 saturated heterocycles. The van der Waals surface area contributed by atoms with Gasteiger partial charge >= 0.3 is 0 Å². The van der Waals surface area contributed by atoms with E-state index >= 15 is 0 Å². The smallest absolute Gasteiger partial charge is 0.257 e. The molecule has 160 valence electrons. The lowest BCUT2D eigenvalue weighted by Gasteiger charge is -2.20. The third-order valence-corrected chi connectivity index (χ3v) is 5.35. The van der Waals surface area contributed by atoms with Crippen LogP contribution in [0.3, 0.4) is 0 Å². The fourth-order valence-corrected chi connectivity index (χ4v) is 3.65. The number of carbonyl (C=O) groups excluding carboxylic acids is 2. The molecule has 1 unspecified atom stereocenters. The van der Waals surface area contributed by atoms with Crippen LogP contribution in [0.25, 0.3) is 0 Å². The molecule has 3 aromatic rings. The van der Waals surface area contributed by atoms with Gasteiger partial charge in [-0.3, -0.25) is 9.59 Å². The van der Waals surface area contributed by atoms with Gasteiger partial charge in [-0.2, -0.15) is 0 Å². The van der Waals surface area contributed by atoms with Gasteiger partial charge in [-0.15, -0.1) is 0 Å². The first-order chi connectivity index (χ1) is 14.8. The number of rotatable bonds is 6. The Morgan fingerprint density at radius 3 is 2.23 bits per heavy atom. The van der Waals surface area contributed by atoms with E-state index in [-0.39, 0.29) is 22.9 Å². The number of hydrogen-bond acceptors (Lipinski definition) is 3. The molecule has 2 amide bonds. The van der Waals surface area contributed by atoms with Crippen LogP contribution >= 0.6 is 23.2 Å². The summed E-state index contributed by atoms with van der Waals surface area (Å²) in [5.41, 5.74) is 2.97. The molecule has 7 heteroatoms. The van der Waals surface area contributed by atoms with E-state index in [1.165, 1.54) is 6.07 Å². The SMILES string of the molecule is CC(NC(=O)c1cc(NC(=O)c2ccc(Cl)cc2Cl)ccc1N(C)C)c1ccccc1. The zero-order chi connectivity index (χ0) is 22.5. The Bertz CT molecular complexity index is 1100. The monoisotopic (exact) mass is 455 g/mol. The van der Waals surface area contributed by atoms with Crippen molar-refractivity contribution in [2.24, 2.45) is 0 Å². The number of amides is 2. The molecule has 1 atom stereocenters. The Labute approximate surface area is 192 Å². The third-order valence-electron chi connectivity index (χ3n) is 4.80. The lowest BCUT2D eigenvalue weighted by Crippen LogP contribution is -2.28. The number of halogens is 2. The first-order valence-electron chi connectivity index (χ1n) is 9.70. The van der Waals surface area contributed by atoms with Crippen LogP contribution in [0, 0.1) is 0 Å². The Kier molecular flexibility index (Phi) is 7.21. The van der Waals surface area contributed by atoms with Crippen LogP contribution in [0.1, 0.15) is 39.2 Å². The summed E-state index contributed by atoms with van der Waals surface area (Å²) in [5.74, 6) is -0.621. The molecule has 0 saturated carbocycles. The first kappa shape index (κ1) is 22.7. The van der Waals surface area contributed by atoms with Crippen molar-refractivity contribution in [1.82, 2.24) is 5.32 Å². The molecule has 0 heterocycles. The predicted octanol–water partition coefficient (Wildman–Crippen LogP) is 5.80. The van der Waals surface area contributed by atoms with E-state index in [9.17, 15) is 9.59 Å². The van der Waals surface area contributed by atoms with Crippen LogP contribution in [-0.2, 0) is 0 Å². The van der Waals surface area contributed by atoms with Crippen molar-refractivity contribution in [1.29, 1.82) is 0 Å². The third kappa shape index (κ3) is 5.57. The van der Waals surface area contributed by atoms with E-state index in [0.717, 1.165) is 11.3 Å². The van der Waals surface area contributed by atoms with Gasteiger partial charge in [0.1, 0.15) is 0 Å². The highest BCUT2D eigenvalue weighted by Gasteiger charge is 2.18. The maximum atomic E-state index is 13.1. The summed E-state index contributed by atoms with van der Waals surface area (Å²) < 4.78 is 0. The van der Waals surface area contributed by atoms with Crippen molar-refractivity contribution in [2.75, 3.05) is 24.3 Å². The molecule has 31 heavy (non-hydrogen) atoms. The standard InChI is InChI=1S/C24H23Cl2N3O2/c1-15(16-7-5-4-6-8-16)27-24(31)20-14-18(10-12-22(20)29(2)3)28-23(30)19-11-9-17(25)13-21(19)26/h4-15H,1-3H3,(H,27,31)(H,28,30). The number of nitrogens with zero attached hydrogens (tertiary/aromatic N) is 1. The minimum atomic E-state index is -0.386. The molecule has 3 rings (SSSR count). The Morgan fingerprint density at radius 2 is 1.58 bits per heavy atom. The molecule has 0 fully saturated rings. The summed E-state index contributed by atoms with van der Waals surface area (Å²) in [6, 6.07) is 19.4. The van der Waals surface area contributed by atoms with E-state index in [4.69, 9.17) is 23.2 Å². The molecule has 0 bridgehead atoms. The lowest BCUT2D eigenvalue weighted by molar-refractivity contribution is 0.0939. The molecule has 0 aliphatic carbocycles. The highest BCUT2D eigenvalue weighted by molar-refractivity contribution is 6.37. The summed E-state index contributed by atoms with van der Waals surface area (Å²) >= 11 is 12.0. The van der Waals surface area contributed by atoms with Gasteiger partial charge in [-0.25, -0.2) is 0 Å². The molecule has 0 spiro atoms. The van der Waals surface area contributed by atoms with Crippen LogP contribution in [0.4, 0.5) is 11.4 Å². The van der Waals surface area contributed by atoms with Gasteiger partial charge in [0.05, 0.1) is 22.2 Å². The van der Waals surface area contributed by atoms with Crippen LogP contribution in [0.5, 0.6) is 0 Å². The zero-order valence-corrected chi connectivity index (χ0v) is 19.0. The van der Waals surface area contributed by atoms with Crippen molar-refractivity contribution in [3.8, 4) is 0 Å². The molecule has 0 aromatic heterocycles. The fraction of sp³-hybridized carbons (Fsp3) is 0.167. The second-order valence-corrected chi connectivity index (χ2v) is 8.15. The minimum Gasteiger partial charge on any atom is -0.377 e. The lowest BCUT2D eigenvalue weighted by atomic mass is 10.1. The van der Waals surface area contributed by atoms with E-state index in [1.54, 1.807) is 30.3 Å². The summed E-state index contributed by atoms with van der Waals surface area (Å²) in [6.45, 7) is 1.93. The van der Waals surface area contributed by atoms with Gasteiger partial charge in [-0.05, 0) is 48.9 Å². The molecule has 0 aliphatic heterocycles. The zero-order valence-electron chi connectivity index (χ0n) is 17.4. The van der Waals surface area contributed by atoms with Crippen molar-refractivity contribution < 1.29 is 9.59 Å². The van der Waals surface area contributed by atoms with Crippen LogP contribution in [-0.4, -0.2) is 25.9 Å². The Balaban J connectivity index is 1.85. The van der Waals surface area contributed by atoms with Gasteiger partial charge in [0.25, 0.3) is 11.8 Å². The van der Waals surface area contributed by atoms with E-state index in [1.807, 2.05) is 56.3 Å². The van der Waals surface area contributed by atoms with E-state index in [0.29, 0.717) is 21.8 Å². The number of nitrogens with one attached hydrogen (secondary N) is 2. The number of carbonyl (C=O) groups is 2. The fourth-order valence-electron chi connectivity index (χ4n) is 3.16. The highest BCUT2D eigenvalue weighted by atomic mass is 35.5. The van der Waals surface area contributed by atoms with Crippen LogP contribution < -0.4 is 15.5 Å². The predicted molar refractivity (Wildman–Crippen MR) is 128 cm³/mol. The number of benzene rings is 3. The average molecular weight is 456 g/mol. The molecule has 0 aliphatic rings. The highest BCUT2D eigenvalue weighted by Crippen LogP contribution is 2.26. The number of anilines is 2. The summed E-state index contributed by atoms with van der Waals surface area (Å²) in [6.07, 6.45) is 0. The van der Waals surface area contributed by atoms with Crippen molar-refractivity contribution >= 4 is 46.4 Å². The maximum Gasteiger partial charge on any atom is 0.257 e. The van der Waals surface area contributed by atoms with Gasteiger partial charge in [0, 0.05) is 30.5 Å². The van der Waals surface area contributed by atoms with Gasteiger partial charge < -0.3 is 15.5 Å². The summed E-state index contributed by atoms with van der Waals surface area (Å²) in [5, 5.41) is 6.52. The second kappa shape index (κ2) is 9.86. The molecular weight excluding hydrogens is 433 g/mol. The number of hydrogen-bond donors (Lipinski definition) is 2. The van der Waals surface area contributed by atoms with Gasteiger partial charge in [-0.1, -0.05) is 53.5 Å². The normalized spacial score (nSPS) is 11.5. The minimum absolute atomic E-state index is 0.171. The largest absolute Gasteiger partial charge is 0.377 e. The first-order valence-corrected chi connectivity index (χ1v) is 10.5.